The van der Waals surface area contributed by atoms with Crippen molar-refractivity contribution in [2.24, 2.45) is 11.8 Å². The van der Waals surface area contributed by atoms with Crippen molar-refractivity contribution in [3.63, 3.8) is 0 Å². The van der Waals surface area contributed by atoms with E-state index in [-0.39, 0.29) is 30.4 Å². The Balaban J connectivity index is 1.47. The van der Waals surface area contributed by atoms with Crippen LogP contribution in [0, 0.1) is 11.8 Å². The smallest absolute Gasteiger partial charge is 0.303 e. The van der Waals surface area contributed by atoms with Crippen LogP contribution in [0.5, 0.6) is 5.75 Å². The van der Waals surface area contributed by atoms with E-state index in [1.165, 1.54) is 32.2 Å². The Labute approximate surface area is 282 Å². The summed E-state index contributed by atoms with van der Waals surface area (Å²) in [5.74, 6) is -7.19. The van der Waals surface area contributed by atoms with Gasteiger partial charge in [0.2, 0.25) is 0 Å². The molecule has 15 nitrogen and oxygen atoms in total. The number of ether oxygens (including phenoxy) is 5. The van der Waals surface area contributed by atoms with Crippen LogP contribution in [0.3, 0.4) is 0 Å². The number of aliphatic hydroxyl groups is 6. The van der Waals surface area contributed by atoms with Gasteiger partial charge in [0, 0.05) is 44.4 Å². The molecule has 0 aromatic heterocycles. The van der Waals surface area contributed by atoms with Gasteiger partial charge in [-0.05, 0) is 20.8 Å². The number of aliphatic hydroxyl groups excluding tert-OH is 4. The average Bonchev–Trinajstić information content (AvgIpc) is 3.02. The molecule has 49 heavy (non-hydrogen) atoms. The van der Waals surface area contributed by atoms with Crippen molar-refractivity contribution in [1.82, 2.24) is 0 Å². The molecule has 0 radical (unpaired) electrons. The van der Waals surface area contributed by atoms with Crippen molar-refractivity contribution in [3.05, 3.63) is 40.5 Å². The highest BCUT2D eigenvalue weighted by Gasteiger charge is 2.76. The first kappa shape index (κ1) is 36.0. The van der Waals surface area contributed by atoms with E-state index in [9.17, 15) is 50.1 Å². The summed E-state index contributed by atoms with van der Waals surface area (Å²) < 4.78 is 28.7. The number of fused-ring (bicyclic) bond motifs is 4. The van der Waals surface area contributed by atoms with Gasteiger partial charge in [-0.15, -0.1) is 0 Å². The third kappa shape index (κ3) is 5.46. The quantitative estimate of drug-likeness (QED) is 0.153. The Morgan fingerprint density at radius 3 is 2.27 bits per heavy atom. The van der Waals surface area contributed by atoms with E-state index < -0.39 is 119 Å². The molecule has 270 valence electrons. The van der Waals surface area contributed by atoms with Crippen LogP contribution in [0.4, 0.5) is 0 Å². The van der Waals surface area contributed by atoms with Crippen molar-refractivity contribution in [2.45, 2.75) is 125 Å². The third-order valence-electron chi connectivity index (χ3n) is 11.0. The first-order valence-electron chi connectivity index (χ1n) is 16.4. The topological polar surface area (TPSA) is 239 Å². The molecule has 3 fully saturated rings. The van der Waals surface area contributed by atoms with E-state index in [0.29, 0.717) is 5.57 Å². The van der Waals surface area contributed by atoms with Crippen LogP contribution in [0.2, 0.25) is 0 Å². The summed E-state index contributed by atoms with van der Waals surface area (Å²) in [7, 11) is 1.40. The van der Waals surface area contributed by atoms with Crippen molar-refractivity contribution < 1.29 is 73.8 Å². The molecule has 15 heteroatoms. The fourth-order valence-electron chi connectivity index (χ4n) is 8.55. The largest absolute Gasteiger partial charge is 0.507 e. The van der Waals surface area contributed by atoms with E-state index in [1.54, 1.807) is 13.8 Å². The lowest BCUT2D eigenvalue weighted by atomic mass is 9.49. The molecule has 7 N–H and O–H groups in total. The van der Waals surface area contributed by atoms with Gasteiger partial charge >= 0.3 is 5.97 Å². The number of ketones is 2. The van der Waals surface area contributed by atoms with Crippen LogP contribution in [-0.2, 0) is 28.5 Å². The summed E-state index contributed by atoms with van der Waals surface area (Å²) in [6.07, 6.45) is -12.5. The van der Waals surface area contributed by atoms with E-state index in [0.717, 1.165) is 6.92 Å². The zero-order chi connectivity index (χ0) is 35.9. The number of benzene rings is 1. The van der Waals surface area contributed by atoms with Gasteiger partial charge in [0.1, 0.15) is 41.4 Å². The summed E-state index contributed by atoms with van der Waals surface area (Å²) in [6, 6.07) is 2.60. The third-order valence-corrected chi connectivity index (χ3v) is 11.0. The summed E-state index contributed by atoms with van der Waals surface area (Å²) >= 11 is 0. The molecule has 0 bridgehead atoms. The number of phenols is 1. The molecule has 0 spiro atoms. The number of phenolic OH excluding ortho intramolecular Hbond substituents is 1. The minimum atomic E-state index is -2.72. The second-order valence-electron chi connectivity index (χ2n) is 14.1. The Morgan fingerprint density at radius 1 is 0.959 bits per heavy atom. The molecule has 15 atom stereocenters. The highest BCUT2D eigenvalue weighted by molar-refractivity contribution is 6.18. The van der Waals surface area contributed by atoms with E-state index >= 15 is 0 Å². The number of Topliss-reactive ketones (excluding diaryl/α,β-unsaturated/α-hetero) is 2. The van der Waals surface area contributed by atoms with Crippen LogP contribution in [0.15, 0.2) is 23.8 Å². The lowest BCUT2D eigenvalue weighted by molar-refractivity contribution is -0.332. The lowest BCUT2D eigenvalue weighted by Crippen LogP contribution is -2.81. The molecule has 3 aliphatic carbocycles. The van der Waals surface area contributed by atoms with Crippen LogP contribution in [0.1, 0.15) is 79.3 Å². The maximum Gasteiger partial charge on any atom is 0.303 e. The standard InChI is InChI=1S/C34H44O15/c1-12-8-21(49-22-10-20(45-5)27(38)14(3)47-22)34(44)25-24(31(42)32(48-15(4)35)33(34,43)11-12)30(41)23-17(29(25)40)7-6-16(28(23)39)19-9-18(36)26(37)13(2)46-19/h6-8,13-14,18-22,24-27,31-32,36-39,42-44H,9-11H2,1-5H3. The Bertz CT molecular complexity index is 1530. The predicted molar refractivity (Wildman–Crippen MR) is 164 cm³/mol. The summed E-state index contributed by atoms with van der Waals surface area (Å²) in [6.45, 7) is 5.74. The molecule has 2 saturated heterocycles. The maximum atomic E-state index is 14.6. The number of aromatic hydroxyl groups is 1. The summed E-state index contributed by atoms with van der Waals surface area (Å²) in [5, 5.41) is 79.5. The number of carbonyl (C=O) groups excluding carboxylic acids is 3. The minimum absolute atomic E-state index is 0.00998. The normalized spacial score (nSPS) is 45.1. The fraction of sp³-hybridized carbons (Fsp3) is 0.676. The van der Waals surface area contributed by atoms with Gasteiger partial charge in [0.05, 0.1) is 47.9 Å². The SMILES string of the molecule is COC1CC(OC2C=C(C)CC3(O)C(OC(C)=O)C(O)C4C(=O)c5c(ccc(C6CC(O)C(O)C(C)O6)c5O)C(=O)C4C23O)OC(C)C1O. The van der Waals surface area contributed by atoms with Gasteiger partial charge in [-0.3, -0.25) is 14.4 Å². The van der Waals surface area contributed by atoms with Gasteiger partial charge in [-0.25, -0.2) is 0 Å². The molecule has 1 aromatic carbocycles. The molecular formula is C34H44O15. The van der Waals surface area contributed by atoms with Crippen LogP contribution >= 0.6 is 0 Å². The van der Waals surface area contributed by atoms with Gasteiger partial charge < -0.3 is 59.4 Å². The van der Waals surface area contributed by atoms with Gasteiger partial charge in [0.15, 0.2) is 24.0 Å². The Morgan fingerprint density at radius 2 is 1.63 bits per heavy atom. The van der Waals surface area contributed by atoms with Gasteiger partial charge in [-0.2, -0.15) is 0 Å². The van der Waals surface area contributed by atoms with Gasteiger partial charge in [0.25, 0.3) is 0 Å². The lowest BCUT2D eigenvalue weighted by Gasteiger charge is -2.62. The molecule has 1 saturated carbocycles. The van der Waals surface area contributed by atoms with Crippen molar-refractivity contribution in [1.29, 1.82) is 0 Å². The molecule has 15 unspecified atom stereocenters. The van der Waals surface area contributed by atoms with Crippen LogP contribution < -0.4 is 0 Å². The van der Waals surface area contributed by atoms with Crippen molar-refractivity contribution >= 4 is 17.5 Å². The number of carbonyl (C=O) groups is 3. The van der Waals surface area contributed by atoms with Gasteiger partial charge in [-0.1, -0.05) is 23.8 Å². The monoisotopic (exact) mass is 692 g/mol. The van der Waals surface area contributed by atoms with Crippen molar-refractivity contribution in [2.75, 3.05) is 7.11 Å². The van der Waals surface area contributed by atoms with Crippen LogP contribution in [0.25, 0.3) is 0 Å². The fourth-order valence-corrected chi connectivity index (χ4v) is 8.55. The van der Waals surface area contributed by atoms with Crippen LogP contribution in [-0.4, -0.2) is 133 Å². The molecule has 6 rings (SSSR count). The molecule has 1 aromatic rings. The zero-order valence-electron chi connectivity index (χ0n) is 27.8. The molecular weight excluding hydrogens is 648 g/mol. The Hall–Kier alpha value is -2.83. The maximum absolute atomic E-state index is 14.6. The average molecular weight is 693 g/mol. The first-order chi connectivity index (χ1) is 23.0. The molecule has 0 amide bonds. The highest BCUT2D eigenvalue weighted by Crippen LogP contribution is 2.58. The number of rotatable bonds is 5. The minimum Gasteiger partial charge on any atom is -0.507 e. The summed E-state index contributed by atoms with van der Waals surface area (Å²) in [4.78, 5) is 41.4. The van der Waals surface area contributed by atoms with E-state index in [2.05, 4.69) is 0 Å². The molecule has 2 aliphatic heterocycles. The van der Waals surface area contributed by atoms with E-state index in [4.69, 9.17) is 23.7 Å². The first-order valence-corrected chi connectivity index (χ1v) is 16.4. The Kier molecular flexibility index (Phi) is 9.35. The molecule has 2 heterocycles. The number of methoxy groups -OCH3 is 1. The summed E-state index contributed by atoms with van der Waals surface area (Å²) in [5.41, 5.74) is -5.58. The second kappa shape index (κ2) is 12.7. The van der Waals surface area contributed by atoms with E-state index in [1.807, 2.05) is 0 Å². The zero-order valence-corrected chi connectivity index (χ0v) is 27.8. The van der Waals surface area contributed by atoms with Crippen molar-refractivity contribution in [3.8, 4) is 5.75 Å². The predicted octanol–water partition coefficient (Wildman–Crippen LogP) is -0.410. The molecule has 5 aliphatic rings. The second-order valence-corrected chi connectivity index (χ2v) is 14.1. The number of esters is 1. The number of hydrogen-bond acceptors (Lipinski definition) is 15. The number of hydrogen-bond donors (Lipinski definition) is 7. The highest BCUT2D eigenvalue weighted by atomic mass is 16.7.